The predicted octanol–water partition coefficient (Wildman–Crippen LogP) is 2.31. The summed E-state index contributed by atoms with van der Waals surface area (Å²) in [4.78, 5) is 13.1. The standard InChI is InChI=1S/C20H28N4O2/c1-16(2)15-26-18-7-4-3-6-17(18)14-22-19(25)20(8-11-21-12-9-20)24-13-5-10-23-24/h3-7,10,13,16,21H,8-9,11-12,14-15H2,1-2H3,(H,22,25). The second-order valence-corrected chi connectivity index (χ2v) is 7.23. The summed E-state index contributed by atoms with van der Waals surface area (Å²) in [5.41, 5.74) is 0.369. The van der Waals surface area contributed by atoms with E-state index in [1.165, 1.54) is 0 Å². The topological polar surface area (TPSA) is 68.2 Å². The van der Waals surface area contributed by atoms with Gasteiger partial charge in [-0.15, -0.1) is 0 Å². The Kier molecular flexibility index (Phi) is 5.93. The van der Waals surface area contributed by atoms with Gasteiger partial charge in [-0.25, -0.2) is 0 Å². The van der Waals surface area contributed by atoms with Crippen molar-refractivity contribution in [3.63, 3.8) is 0 Å². The average Bonchev–Trinajstić information content (AvgIpc) is 3.21. The lowest BCUT2D eigenvalue weighted by atomic mass is 9.87. The van der Waals surface area contributed by atoms with E-state index in [0.717, 1.165) is 37.2 Å². The molecule has 2 heterocycles. The fourth-order valence-electron chi connectivity index (χ4n) is 3.31. The van der Waals surface area contributed by atoms with Crippen LogP contribution in [0.3, 0.4) is 0 Å². The molecular formula is C20H28N4O2. The van der Waals surface area contributed by atoms with Gasteiger partial charge >= 0.3 is 0 Å². The number of amides is 1. The Bertz CT molecular complexity index is 706. The predicted molar refractivity (Wildman–Crippen MR) is 101 cm³/mol. The number of benzene rings is 1. The molecule has 0 bridgehead atoms. The molecule has 1 amide bonds. The monoisotopic (exact) mass is 356 g/mol. The van der Waals surface area contributed by atoms with Gasteiger partial charge < -0.3 is 15.4 Å². The summed E-state index contributed by atoms with van der Waals surface area (Å²) in [6, 6.07) is 9.75. The van der Waals surface area contributed by atoms with Gasteiger partial charge in [0, 0.05) is 24.5 Å². The van der Waals surface area contributed by atoms with E-state index in [-0.39, 0.29) is 5.91 Å². The summed E-state index contributed by atoms with van der Waals surface area (Å²) in [7, 11) is 0. The van der Waals surface area contributed by atoms with Crippen LogP contribution in [0, 0.1) is 5.92 Å². The number of nitrogens with zero attached hydrogens (tertiary/aromatic N) is 2. The number of ether oxygens (including phenoxy) is 1. The summed E-state index contributed by atoms with van der Waals surface area (Å²) in [6.45, 7) is 6.96. The molecule has 1 aromatic carbocycles. The Morgan fingerprint density at radius 3 is 2.77 bits per heavy atom. The first-order valence-corrected chi connectivity index (χ1v) is 9.32. The molecule has 1 aliphatic heterocycles. The molecule has 1 saturated heterocycles. The van der Waals surface area contributed by atoms with Gasteiger partial charge in [0.1, 0.15) is 11.3 Å². The van der Waals surface area contributed by atoms with E-state index in [9.17, 15) is 4.79 Å². The number of nitrogens with one attached hydrogen (secondary N) is 2. The molecule has 1 aliphatic rings. The van der Waals surface area contributed by atoms with Crippen LogP contribution in [0.2, 0.25) is 0 Å². The first-order chi connectivity index (χ1) is 12.6. The minimum Gasteiger partial charge on any atom is -0.493 e. The molecule has 2 aromatic rings. The Labute approximate surface area is 154 Å². The van der Waals surface area contributed by atoms with Crippen LogP contribution in [0.25, 0.3) is 0 Å². The van der Waals surface area contributed by atoms with Gasteiger partial charge in [-0.2, -0.15) is 5.10 Å². The molecule has 0 unspecified atom stereocenters. The maximum absolute atomic E-state index is 13.1. The largest absolute Gasteiger partial charge is 0.493 e. The fraction of sp³-hybridized carbons (Fsp3) is 0.500. The minimum absolute atomic E-state index is 0.0152. The number of carbonyl (C=O) groups excluding carboxylic acids is 1. The van der Waals surface area contributed by atoms with Gasteiger partial charge in [-0.3, -0.25) is 9.48 Å². The van der Waals surface area contributed by atoms with Crippen LogP contribution in [-0.4, -0.2) is 35.4 Å². The van der Waals surface area contributed by atoms with E-state index in [2.05, 4.69) is 29.6 Å². The summed E-state index contributed by atoms with van der Waals surface area (Å²) in [6.07, 6.45) is 5.06. The van der Waals surface area contributed by atoms with Crippen molar-refractivity contribution in [2.75, 3.05) is 19.7 Å². The zero-order chi connectivity index (χ0) is 18.4. The molecule has 0 atom stereocenters. The van der Waals surface area contributed by atoms with Crippen LogP contribution in [0.5, 0.6) is 5.75 Å². The minimum atomic E-state index is -0.623. The van der Waals surface area contributed by atoms with Crippen molar-refractivity contribution >= 4 is 5.91 Å². The van der Waals surface area contributed by atoms with Gasteiger partial charge in [0.05, 0.1) is 6.61 Å². The summed E-state index contributed by atoms with van der Waals surface area (Å²) in [5, 5.41) is 10.8. The van der Waals surface area contributed by atoms with E-state index in [1.807, 2.05) is 41.2 Å². The molecule has 3 rings (SSSR count). The van der Waals surface area contributed by atoms with Crippen LogP contribution in [0.4, 0.5) is 0 Å². The fourth-order valence-corrected chi connectivity index (χ4v) is 3.31. The van der Waals surface area contributed by atoms with Gasteiger partial charge in [0.25, 0.3) is 0 Å². The van der Waals surface area contributed by atoms with Crippen molar-refractivity contribution in [3.8, 4) is 5.75 Å². The number of hydrogen-bond acceptors (Lipinski definition) is 4. The van der Waals surface area contributed by atoms with Crippen molar-refractivity contribution in [1.29, 1.82) is 0 Å². The molecule has 26 heavy (non-hydrogen) atoms. The van der Waals surface area contributed by atoms with Crippen molar-refractivity contribution in [1.82, 2.24) is 20.4 Å². The number of hydrogen-bond donors (Lipinski definition) is 2. The van der Waals surface area contributed by atoms with Crippen LogP contribution >= 0.6 is 0 Å². The van der Waals surface area contributed by atoms with E-state index in [4.69, 9.17) is 4.74 Å². The van der Waals surface area contributed by atoms with Crippen molar-refractivity contribution in [3.05, 3.63) is 48.3 Å². The molecule has 0 radical (unpaired) electrons. The van der Waals surface area contributed by atoms with Crippen molar-refractivity contribution in [2.45, 2.75) is 38.8 Å². The van der Waals surface area contributed by atoms with Gasteiger partial charge in [0.15, 0.2) is 0 Å². The number of rotatable bonds is 7. The molecule has 6 nitrogen and oxygen atoms in total. The van der Waals surface area contributed by atoms with Crippen molar-refractivity contribution < 1.29 is 9.53 Å². The average molecular weight is 356 g/mol. The lowest BCUT2D eigenvalue weighted by Gasteiger charge is -2.36. The van der Waals surface area contributed by atoms with Crippen LogP contribution < -0.4 is 15.4 Å². The first kappa shape index (κ1) is 18.5. The normalized spacial score (nSPS) is 16.4. The van der Waals surface area contributed by atoms with Gasteiger partial charge in [-0.1, -0.05) is 32.0 Å². The van der Waals surface area contributed by atoms with E-state index < -0.39 is 5.54 Å². The molecule has 0 saturated carbocycles. The second-order valence-electron chi connectivity index (χ2n) is 7.23. The highest BCUT2D eigenvalue weighted by Gasteiger charge is 2.41. The SMILES string of the molecule is CC(C)COc1ccccc1CNC(=O)C1(n2cccn2)CCNCC1. The highest BCUT2D eigenvalue weighted by molar-refractivity contribution is 5.84. The number of carbonyl (C=O) groups is 1. The molecule has 1 fully saturated rings. The zero-order valence-corrected chi connectivity index (χ0v) is 15.6. The quantitative estimate of drug-likeness (QED) is 0.799. The smallest absolute Gasteiger partial charge is 0.248 e. The van der Waals surface area contributed by atoms with E-state index >= 15 is 0 Å². The maximum atomic E-state index is 13.1. The zero-order valence-electron chi connectivity index (χ0n) is 15.6. The third-order valence-corrected chi connectivity index (χ3v) is 4.78. The lowest BCUT2D eigenvalue weighted by molar-refractivity contribution is -0.132. The molecule has 1 aromatic heterocycles. The highest BCUT2D eigenvalue weighted by Crippen LogP contribution is 2.27. The summed E-state index contributed by atoms with van der Waals surface area (Å²) < 4.78 is 7.70. The molecule has 0 aliphatic carbocycles. The van der Waals surface area contributed by atoms with Crippen molar-refractivity contribution in [2.24, 2.45) is 5.92 Å². The van der Waals surface area contributed by atoms with Crippen LogP contribution in [0.15, 0.2) is 42.7 Å². The highest BCUT2D eigenvalue weighted by atomic mass is 16.5. The third kappa shape index (κ3) is 4.07. The van der Waals surface area contributed by atoms with Gasteiger partial charge in [-0.05, 0) is 44.0 Å². The lowest BCUT2D eigenvalue weighted by Crippen LogP contribution is -2.54. The Morgan fingerprint density at radius 1 is 1.31 bits per heavy atom. The molecule has 0 spiro atoms. The third-order valence-electron chi connectivity index (χ3n) is 4.78. The summed E-state index contributed by atoms with van der Waals surface area (Å²) >= 11 is 0. The Hall–Kier alpha value is -2.34. The molecular weight excluding hydrogens is 328 g/mol. The van der Waals surface area contributed by atoms with Gasteiger partial charge in [0.2, 0.25) is 5.91 Å². The van der Waals surface area contributed by atoms with Crippen LogP contribution in [0.1, 0.15) is 32.3 Å². The number of piperidine rings is 1. The second kappa shape index (κ2) is 8.36. The molecule has 140 valence electrons. The number of aromatic nitrogens is 2. The number of para-hydroxylation sites is 1. The Morgan fingerprint density at radius 2 is 2.08 bits per heavy atom. The van der Waals surface area contributed by atoms with E-state index in [1.54, 1.807) is 6.20 Å². The Balaban J connectivity index is 1.71. The van der Waals surface area contributed by atoms with E-state index in [0.29, 0.717) is 19.1 Å². The molecule has 6 heteroatoms. The maximum Gasteiger partial charge on any atom is 0.248 e. The first-order valence-electron chi connectivity index (χ1n) is 9.32. The van der Waals surface area contributed by atoms with Crippen LogP contribution in [-0.2, 0) is 16.9 Å². The molecule has 2 N–H and O–H groups in total. The summed E-state index contributed by atoms with van der Waals surface area (Å²) in [5.74, 6) is 1.30.